The number of hydrogen-bond donors (Lipinski definition) is 1. The number of nitriles is 1. The van der Waals surface area contributed by atoms with E-state index in [4.69, 9.17) is 10.00 Å². The van der Waals surface area contributed by atoms with Crippen LogP contribution in [0.2, 0.25) is 0 Å². The van der Waals surface area contributed by atoms with Gasteiger partial charge in [-0.1, -0.05) is 24.3 Å². The standard InChI is InChI=1S/C20H19F2N3O3/c21-19(22)28-17-6-2-5-16(10-17)18-13-25(7-8-27-18)20(26)24-12-15-4-1-3-14(9-15)11-23/h1-6,9-10,18-19H,7-8,12-13H2,(H,24,26). The highest BCUT2D eigenvalue weighted by Gasteiger charge is 2.25. The fourth-order valence-electron chi connectivity index (χ4n) is 2.97. The number of rotatable bonds is 5. The zero-order chi connectivity index (χ0) is 19.9. The van der Waals surface area contributed by atoms with Gasteiger partial charge in [-0.25, -0.2) is 4.79 Å². The fourth-order valence-corrected chi connectivity index (χ4v) is 2.97. The molecule has 1 heterocycles. The van der Waals surface area contributed by atoms with Gasteiger partial charge in [-0.2, -0.15) is 14.0 Å². The molecule has 2 aromatic carbocycles. The Morgan fingerprint density at radius 1 is 1.32 bits per heavy atom. The van der Waals surface area contributed by atoms with Crippen LogP contribution < -0.4 is 10.1 Å². The number of ether oxygens (including phenoxy) is 2. The molecule has 1 fully saturated rings. The molecule has 2 amide bonds. The molecule has 3 rings (SSSR count). The van der Waals surface area contributed by atoms with Gasteiger partial charge in [0.25, 0.3) is 0 Å². The lowest BCUT2D eigenvalue weighted by Gasteiger charge is -2.33. The minimum Gasteiger partial charge on any atom is -0.435 e. The van der Waals surface area contributed by atoms with Gasteiger partial charge in [-0.15, -0.1) is 0 Å². The number of nitrogens with one attached hydrogen (secondary N) is 1. The van der Waals surface area contributed by atoms with Crippen LogP contribution in [0.3, 0.4) is 0 Å². The lowest BCUT2D eigenvalue weighted by Crippen LogP contribution is -2.46. The molecule has 146 valence electrons. The Labute approximate surface area is 161 Å². The zero-order valence-electron chi connectivity index (χ0n) is 15.0. The maximum Gasteiger partial charge on any atom is 0.387 e. The van der Waals surface area contributed by atoms with E-state index >= 15 is 0 Å². The van der Waals surface area contributed by atoms with Crippen LogP contribution in [0.15, 0.2) is 48.5 Å². The van der Waals surface area contributed by atoms with Crippen molar-refractivity contribution in [2.24, 2.45) is 0 Å². The first-order chi connectivity index (χ1) is 13.5. The van der Waals surface area contributed by atoms with Crippen molar-refractivity contribution in [2.45, 2.75) is 19.3 Å². The number of urea groups is 1. The van der Waals surface area contributed by atoms with Crippen molar-refractivity contribution in [1.82, 2.24) is 10.2 Å². The van der Waals surface area contributed by atoms with E-state index < -0.39 is 12.7 Å². The van der Waals surface area contributed by atoms with Gasteiger partial charge in [0.15, 0.2) is 0 Å². The summed E-state index contributed by atoms with van der Waals surface area (Å²) in [5, 5.41) is 11.8. The first kappa shape index (κ1) is 19.6. The van der Waals surface area contributed by atoms with Crippen molar-refractivity contribution < 1.29 is 23.0 Å². The Bertz CT molecular complexity index is 870. The second-order valence-corrected chi connectivity index (χ2v) is 6.23. The third kappa shape index (κ3) is 5.18. The Morgan fingerprint density at radius 2 is 2.14 bits per heavy atom. The van der Waals surface area contributed by atoms with Gasteiger partial charge >= 0.3 is 12.6 Å². The third-order valence-electron chi connectivity index (χ3n) is 4.31. The van der Waals surface area contributed by atoms with Gasteiger partial charge in [0, 0.05) is 13.1 Å². The van der Waals surface area contributed by atoms with Crippen LogP contribution in [0.25, 0.3) is 0 Å². The molecule has 0 aliphatic carbocycles. The number of carbonyl (C=O) groups is 1. The Balaban J connectivity index is 1.59. The molecule has 2 aromatic rings. The van der Waals surface area contributed by atoms with E-state index in [1.54, 1.807) is 35.2 Å². The quantitative estimate of drug-likeness (QED) is 0.853. The van der Waals surface area contributed by atoms with Gasteiger partial charge in [0.2, 0.25) is 0 Å². The topological polar surface area (TPSA) is 74.6 Å². The van der Waals surface area contributed by atoms with Crippen LogP contribution in [-0.2, 0) is 11.3 Å². The highest BCUT2D eigenvalue weighted by atomic mass is 19.3. The summed E-state index contributed by atoms with van der Waals surface area (Å²) in [5.41, 5.74) is 2.02. The maximum absolute atomic E-state index is 12.5. The summed E-state index contributed by atoms with van der Waals surface area (Å²) in [6.45, 7) is -1.55. The lowest BCUT2D eigenvalue weighted by molar-refractivity contribution is -0.0503. The van der Waals surface area contributed by atoms with E-state index in [0.29, 0.717) is 37.4 Å². The van der Waals surface area contributed by atoms with Crippen LogP contribution in [0, 0.1) is 11.3 Å². The summed E-state index contributed by atoms with van der Waals surface area (Å²) in [6.07, 6.45) is -0.428. The summed E-state index contributed by atoms with van der Waals surface area (Å²) in [4.78, 5) is 14.1. The molecule has 1 aliphatic rings. The van der Waals surface area contributed by atoms with Gasteiger partial charge in [0.1, 0.15) is 11.9 Å². The summed E-state index contributed by atoms with van der Waals surface area (Å²) in [7, 11) is 0. The Kier molecular flexibility index (Phi) is 6.40. The molecular formula is C20H19F2N3O3. The molecule has 1 N–H and O–H groups in total. The Morgan fingerprint density at radius 3 is 2.93 bits per heavy atom. The largest absolute Gasteiger partial charge is 0.435 e. The molecular weight excluding hydrogens is 368 g/mol. The van der Waals surface area contributed by atoms with Crippen molar-refractivity contribution in [3.8, 4) is 11.8 Å². The van der Waals surface area contributed by atoms with Gasteiger partial charge in [-0.3, -0.25) is 0 Å². The normalized spacial score (nSPS) is 16.5. The van der Waals surface area contributed by atoms with Gasteiger partial charge < -0.3 is 19.7 Å². The van der Waals surface area contributed by atoms with Crippen LogP contribution in [0.4, 0.5) is 13.6 Å². The minimum absolute atomic E-state index is 0.0510. The molecule has 6 nitrogen and oxygen atoms in total. The molecule has 0 spiro atoms. The number of morpholine rings is 1. The molecule has 28 heavy (non-hydrogen) atoms. The zero-order valence-corrected chi connectivity index (χ0v) is 15.0. The lowest BCUT2D eigenvalue weighted by atomic mass is 10.1. The maximum atomic E-state index is 12.5. The van der Waals surface area contributed by atoms with Crippen molar-refractivity contribution >= 4 is 6.03 Å². The molecule has 0 bridgehead atoms. The first-order valence-corrected chi connectivity index (χ1v) is 8.73. The van der Waals surface area contributed by atoms with E-state index in [1.807, 2.05) is 6.07 Å². The third-order valence-corrected chi connectivity index (χ3v) is 4.31. The van der Waals surface area contributed by atoms with E-state index in [9.17, 15) is 13.6 Å². The smallest absolute Gasteiger partial charge is 0.387 e. The van der Waals surface area contributed by atoms with Crippen LogP contribution >= 0.6 is 0 Å². The number of hydrogen-bond acceptors (Lipinski definition) is 4. The SMILES string of the molecule is N#Cc1cccc(CNC(=O)N2CCOC(c3cccc(OC(F)F)c3)C2)c1. The first-order valence-electron chi connectivity index (χ1n) is 8.73. The second kappa shape index (κ2) is 9.15. The van der Waals surface area contributed by atoms with Crippen LogP contribution in [0.1, 0.15) is 22.8 Å². The number of alkyl halides is 2. The van der Waals surface area contributed by atoms with E-state index in [1.165, 1.54) is 12.1 Å². The summed E-state index contributed by atoms with van der Waals surface area (Å²) < 4.78 is 34.9. The van der Waals surface area contributed by atoms with Crippen LogP contribution in [0.5, 0.6) is 5.75 Å². The molecule has 1 atom stereocenters. The summed E-state index contributed by atoms with van der Waals surface area (Å²) >= 11 is 0. The van der Waals surface area contributed by atoms with Crippen molar-refractivity contribution in [1.29, 1.82) is 5.26 Å². The second-order valence-electron chi connectivity index (χ2n) is 6.23. The molecule has 8 heteroatoms. The fraction of sp³-hybridized carbons (Fsp3) is 0.300. The average molecular weight is 387 g/mol. The number of halogens is 2. The van der Waals surface area contributed by atoms with Crippen LogP contribution in [-0.4, -0.2) is 37.2 Å². The highest BCUT2D eigenvalue weighted by Crippen LogP contribution is 2.26. The summed E-state index contributed by atoms with van der Waals surface area (Å²) in [6, 6.07) is 15.1. The number of benzene rings is 2. The van der Waals surface area contributed by atoms with Gasteiger partial charge in [-0.05, 0) is 35.4 Å². The van der Waals surface area contributed by atoms with E-state index in [0.717, 1.165) is 5.56 Å². The monoisotopic (exact) mass is 387 g/mol. The minimum atomic E-state index is -2.90. The van der Waals surface area contributed by atoms with Gasteiger partial charge in [0.05, 0.1) is 24.8 Å². The van der Waals surface area contributed by atoms with Crippen molar-refractivity contribution in [2.75, 3.05) is 19.7 Å². The van der Waals surface area contributed by atoms with Crippen molar-refractivity contribution in [3.63, 3.8) is 0 Å². The molecule has 0 aromatic heterocycles. The average Bonchev–Trinajstić information content (AvgIpc) is 2.72. The van der Waals surface area contributed by atoms with Crippen molar-refractivity contribution in [3.05, 3.63) is 65.2 Å². The number of carbonyl (C=O) groups excluding carboxylic acids is 1. The van der Waals surface area contributed by atoms with E-state index in [-0.39, 0.29) is 11.8 Å². The molecule has 1 unspecified atom stereocenters. The highest BCUT2D eigenvalue weighted by molar-refractivity contribution is 5.74. The molecule has 0 saturated carbocycles. The molecule has 0 radical (unpaired) electrons. The van der Waals surface area contributed by atoms with E-state index in [2.05, 4.69) is 16.1 Å². The predicted octanol–water partition coefficient (Wildman–Crippen LogP) is 3.44. The number of nitrogens with zero attached hydrogens (tertiary/aromatic N) is 2. The molecule has 1 saturated heterocycles. The summed E-state index contributed by atoms with van der Waals surface area (Å²) in [5.74, 6) is 0.0510. The number of amides is 2. The predicted molar refractivity (Wildman–Crippen MR) is 96.7 cm³/mol. The Hall–Kier alpha value is -3.18. The molecule has 1 aliphatic heterocycles.